The summed E-state index contributed by atoms with van der Waals surface area (Å²) < 4.78 is 0. The molecule has 0 fully saturated rings. The lowest BCUT2D eigenvalue weighted by atomic mass is 10.1. The lowest BCUT2D eigenvalue weighted by Crippen LogP contribution is -2.21. The summed E-state index contributed by atoms with van der Waals surface area (Å²) in [4.78, 5) is 22.8. The molecule has 1 aromatic heterocycles. The highest BCUT2D eigenvalue weighted by Crippen LogP contribution is 2.17. The first-order valence-corrected chi connectivity index (χ1v) is 10.8. The normalized spacial score (nSPS) is 10.9. The van der Waals surface area contributed by atoms with E-state index in [2.05, 4.69) is 46.2 Å². The third kappa shape index (κ3) is 4.94. The molecule has 0 radical (unpaired) electrons. The second-order valence-corrected chi connectivity index (χ2v) is 7.57. The summed E-state index contributed by atoms with van der Waals surface area (Å²) in [7, 11) is 0. The number of nitrogens with zero attached hydrogens (tertiary/aromatic N) is 2. The standard InChI is InChI=1S/C26H28N4O/c1-3-30(4-2)22-16-12-20(13-17-22)26(31)27-21-14-9-19(10-15-21)11-18-25-28-23-7-5-6-8-24(23)29-25/h5-10,12-17H,3-4,11,18H2,1-2H3,(H,27,31)(H,28,29). The van der Waals surface area contributed by atoms with Gasteiger partial charge >= 0.3 is 0 Å². The first-order chi connectivity index (χ1) is 15.2. The van der Waals surface area contributed by atoms with E-state index in [-0.39, 0.29) is 5.91 Å². The molecule has 0 spiro atoms. The van der Waals surface area contributed by atoms with E-state index in [1.165, 1.54) is 5.56 Å². The van der Waals surface area contributed by atoms with Gasteiger partial charge in [-0.1, -0.05) is 24.3 Å². The van der Waals surface area contributed by atoms with Crippen molar-refractivity contribution in [3.8, 4) is 0 Å². The van der Waals surface area contributed by atoms with Crippen LogP contribution in [0.4, 0.5) is 11.4 Å². The molecular weight excluding hydrogens is 384 g/mol. The third-order valence-corrected chi connectivity index (χ3v) is 5.56. The minimum Gasteiger partial charge on any atom is -0.372 e. The largest absolute Gasteiger partial charge is 0.372 e. The molecule has 0 saturated heterocycles. The Kier molecular flexibility index (Phi) is 6.32. The van der Waals surface area contributed by atoms with Crippen LogP contribution in [-0.2, 0) is 12.8 Å². The highest BCUT2D eigenvalue weighted by Gasteiger charge is 2.08. The van der Waals surface area contributed by atoms with Crippen molar-refractivity contribution in [2.75, 3.05) is 23.3 Å². The molecule has 31 heavy (non-hydrogen) atoms. The number of imidazole rings is 1. The minimum atomic E-state index is -0.0962. The maximum atomic E-state index is 12.6. The number of rotatable bonds is 8. The average Bonchev–Trinajstić information content (AvgIpc) is 3.23. The lowest BCUT2D eigenvalue weighted by molar-refractivity contribution is 0.102. The number of anilines is 2. The van der Waals surface area contributed by atoms with Gasteiger partial charge in [0, 0.05) is 36.4 Å². The summed E-state index contributed by atoms with van der Waals surface area (Å²) in [5.41, 5.74) is 5.87. The zero-order valence-electron chi connectivity index (χ0n) is 18.1. The van der Waals surface area contributed by atoms with Gasteiger partial charge in [-0.2, -0.15) is 0 Å². The summed E-state index contributed by atoms with van der Waals surface area (Å²) in [5.74, 6) is 0.896. The first-order valence-electron chi connectivity index (χ1n) is 10.8. The van der Waals surface area contributed by atoms with Crippen LogP contribution in [0.25, 0.3) is 11.0 Å². The molecule has 0 aliphatic carbocycles. The molecule has 4 rings (SSSR count). The van der Waals surface area contributed by atoms with Crippen molar-refractivity contribution in [1.29, 1.82) is 0 Å². The molecule has 0 saturated carbocycles. The van der Waals surface area contributed by atoms with Gasteiger partial charge in [-0.15, -0.1) is 0 Å². The van der Waals surface area contributed by atoms with Crippen molar-refractivity contribution in [2.24, 2.45) is 0 Å². The minimum absolute atomic E-state index is 0.0962. The second-order valence-electron chi connectivity index (χ2n) is 7.57. The molecule has 0 aliphatic heterocycles. The van der Waals surface area contributed by atoms with Crippen LogP contribution in [0, 0.1) is 0 Å². The van der Waals surface area contributed by atoms with Gasteiger partial charge in [0.05, 0.1) is 11.0 Å². The number of carbonyl (C=O) groups excluding carboxylic acids is 1. The van der Waals surface area contributed by atoms with Crippen LogP contribution >= 0.6 is 0 Å². The average molecular weight is 413 g/mol. The zero-order chi connectivity index (χ0) is 21.6. The van der Waals surface area contributed by atoms with Crippen LogP contribution in [0.5, 0.6) is 0 Å². The monoisotopic (exact) mass is 412 g/mol. The SMILES string of the molecule is CCN(CC)c1ccc(C(=O)Nc2ccc(CCc3nc4ccccc4[nH]3)cc2)cc1. The van der Waals surface area contributed by atoms with Gasteiger partial charge in [0.2, 0.25) is 0 Å². The van der Waals surface area contributed by atoms with Crippen LogP contribution in [0.3, 0.4) is 0 Å². The van der Waals surface area contributed by atoms with Gasteiger partial charge in [-0.3, -0.25) is 4.79 Å². The summed E-state index contributed by atoms with van der Waals surface area (Å²) in [6, 6.07) is 23.9. The number of carbonyl (C=O) groups is 1. The fourth-order valence-electron chi connectivity index (χ4n) is 3.76. The van der Waals surface area contributed by atoms with Gasteiger partial charge in [0.1, 0.15) is 5.82 Å². The van der Waals surface area contributed by atoms with E-state index in [0.717, 1.165) is 54.2 Å². The zero-order valence-corrected chi connectivity index (χ0v) is 18.1. The third-order valence-electron chi connectivity index (χ3n) is 5.56. The Balaban J connectivity index is 1.34. The molecule has 158 valence electrons. The Hall–Kier alpha value is -3.60. The fraction of sp³-hybridized carbons (Fsp3) is 0.231. The molecule has 0 bridgehead atoms. The van der Waals surface area contributed by atoms with Gasteiger partial charge < -0.3 is 15.2 Å². The van der Waals surface area contributed by atoms with Crippen molar-refractivity contribution in [3.05, 3.63) is 89.7 Å². The van der Waals surface area contributed by atoms with Crippen molar-refractivity contribution in [1.82, 2.24) is 9.97 Å². The van der Waals surface area contributed by atoms with Crippen molar-refractivity contribution < 1.29 is 4.79 Å². The van der Waals surface area contributed by atoms with Crippen LogP contribution in [0.15, 0.2) is 72.8 Å². The van der Waals surface area contributed by atoms with Gasteiger partial charge in [-0.25, -0.2) is 4.98 Å². The number of aromatic nitrogens is 2. The van der Waals surface area contributed by atoms with Crippen molar-refractivity contribution >= 4 is 28.3 Å². The van der Waals surface area contributed by atoms with Gasteiger partial charge in [0.25, 0.3) is 5.91 Å². The summed E-state index contributed by atoms with van der Waals surface area (Å²) in [5, 5.41) is 2.98. The van der Waals surface area contributed by atoms with E-state index in [9.17, 15) is 4.79 Å². The van der Waals surface area contributed by atoms with Gasteiger partial charge in [0.15, 0.2) is 0 Å². The van der Waals surface area contributed by atoms with E-state index in [1.54, 1.807) is 0 Å². The van der Waals surface area contributed by atoms with E-state index < -0.39 is 0 Å². The molecule has 2 N–H and O–H groups in total. The topological polar surface area (TPSA) is 61.0 Å². The predicted molar refractivity (Wildman–Crippen MR) is 128 cm³/mol. The van der Waals surface area contributed by atoms with Crippen molar-refractivity contribution in [3.63, 3.8) is 0 Å². The summed E-state index contributed by atoms with van der Waals surface area (Å²) >= 11 is 0. The van der Waals surface area contributed by atoms with Crippen LogP contribution < -0.4 is 10.2 Å². The van der Waals surface area contributed by atoms with E-state index in [0.29, 0.717) is 5.56 Å². The molecular formula is C26H28N4O. The van der Waals surface area contributed by atoms with E-state index >= 15 is 0 Å². The Morgan fingerprint density at radius 3 is 2.29 bits per heavy atom. The smallest absolute Gasteiger partial charge is 0.255 e. The number of benzene rings is 3. The van der Waals surface area contributed by atoms with Crippen LogP contribution in [0.1, 0.15) is 35.6 Å². The number of hydrogen-bond acceptors (Lipinski definition) is 3. The van der Waals surface area contributed by atoms with E-state index in [1.807, 2.05) is 60.7 Å². The molecule has 4 aromatic rings. The van der Waals surface area contributed by atoms with E-state index in [4.69, 9.17) is 0 Å². The molecule has 0 unspecified atom stereocenters. The summed E-state index contributed by atoms with van der Waals surface area (Å²) in [6.07, 6.45) is 1.74. The number of aromatic amines is 1. The number of para-hydroxylation sites is 2. The fourth-order valence-corrected chi connectivity index (χ4v) is 3.76. The number of hydrogen-bond donors (Lipinski definition) is 2. The van der Waals surface area contributed by atoms with Gasteiger partial charge in [-0.05, 0) is 74.4 Å². The summed E-state index contributed by atoms with van der Waals surface area (Å²) in [6.45, 7) is 6.16. The number of amides is 1. The molecule has 5 nitrogen and oxygen atoms in total. The van der Waals surface area contributed by atoms with Crippen LogP contribution in [0.2, 0.25) is 0 Å². The molecule has 1 amide bonds. The Morgan fingerprint density at radius 1 is 0.903 bits per heavy atom. The Bertz CT molecular complexity index is 1110. The van der Waals surface area contributed by atoms with Crippen molar-refractivity contribution in [2.45, 2.75) is 26.7 Å². The highest BCUT2D eigenvalue weighted by atomic mass is 16.1. The number of aryl methyl sites for hydroxylation is 2. The lowest BCUT2D eigenvalue weighted by Gasteiger charge is -2.21. The second kappa shape index (κ2) is 9.47. The predicted octanol–water partition coefficient (Wildman–Crippen LogP) is 5.45. The number of nitrogens with one attached hydrogen (secondary N) is 2. The number of fused-ring (bicyclic) bond motifs is 1. The molecule has 5 heteroatoms. The Labute approximate surface area is 183 Å². The molecule has 1 heterocycles. The maximum Gasteiger partial charge on any atom is 0.255 e. The highest BCUT2D eigenvalue weighted by molar-refractivity contribution is 6.04. The first kappa shape index (κ1) is 20.7. The molecule has 0 aliphatic rings. The Morgan fingerprint density at radius 2 is 1.61 bits per heavy atom. The number of H-pyrrole nitrogens is 1. The van der Waals surface area contributed by atoms with Crippen LogP contribution in [-0.4, -0.2) is 29.0 Å². The quantitative estimate of drug-likeness (QED) is 0.405. The molecule has 0 atom stereocenters. The molecule has 3 aromatic carbocycles. The maximum absolute atomic E-state index is 12.6.